The third-order valence-corrected chi connectivity index (χ3v) is 6.33. The number of nitrogens with one attached hydrogen (secondary N) is 1. The van der Waals surface area contributed by atoms with Crippen molar-refractivity contribution in [1.82, 2.24) is 10.2 Å². The summed E-state index contributed by atoms with van der Waals surface area (Å²) in [7, 11) is 0. The molecule has 0 aliphatic heterocycles. The van der Waals surface area contributed by atoms with Gasteiger partial charge >= 0.3 is 0 Å². The zero-order valence-corrected chi connectivity index (χ0v) is 21.4. The highest BCUT2D eigenvalue weighted by atomic mass is 127. The van der Waals surface area contributed by atoms with Crippen LogP contribution in [0.2, 0.25) is 0 Å². The van der Waals surface area contributed by atoms with Gasteiger partial charge in [-0.3, -0.25) is 9.59 Å². The van der Waals surface area contributed by atoms with E-state index in [2.05, 4.69) is 41.8 Å². The number of carbonyl (C=O) groups is 2. The number of nitrogens with zero attached hydrogens (tertiary/aromatic N) is 1. The maximum absolute atomic E-state index is 13.1. The van der Waals surface area contributed by atoms with Crippen LogP contribution in [0.15, 0.2) is 35.9 Å². The van der Waals surface area contributed by atoms with Crippen molar-refractivity contribution in [1.29, 1.82) is 0 Å². The van der Waals surface area contributed by atoms with E-state index in [0.29, 0.717) is 23.8 Å². The van der Waals surface area contributed by atoms with Crippen LogP contribution in [0.3, 0.4) is 0 Å². The minimum Gasteiger partial charge on any atom is -0.482 e. The van der Waals surface area contributed by atoms with E-state index in [-0.39, 0.29) is 37.3 Å². The molecule has 1 aromatic rings. The van der Waals surface area contributed by atoms with E-state index in [4.69, 9.17) is 9.84 Å². The van der Waals surface area contributed by atoms with Crippen molar-refractivity contribution in [2.75, 3.05) is 19.7 Å². The number of hydrogen-bond acceptors (Lipinski definition) is 5. The minimum atomic E-state index is -0.990. The Morgan fingerprint density at radius 1 is 1.25 bits per heavy atom. The van der Waals surface area contributed by atoms with Crippen LogP contribution in [0.1, 0.15) is 40.5 Å². The molecule has 1 aromatic carbocycles. The summed E-state index contributed by atoms with van der Waals surface area (Å²) in [5.41, 5.74) is 0.441. The normalized spacial score (nSPS) is 20.8. The Morgan fingerprint density at radius 3 is 2.53 bits per heavy atom. The molecule has 0 saturated heterocycles. The second kappa shape index (κ2) is 12.6. The lowest BCUT2D eigenvalue weighted by Crippen LogP contribution is -2.56. The molecule has 1 aliphatic rings. The number of benzene rings is 1. The van der Waals surface area contributed by atoms with Gasteiger partial charge in [0, 0.05) is 31.0 Å². The molecule has 2 rings (SSSR count). The highest BCUT2D eigenvalue weighted by molar-refractivity contribution is 14.1. The predicted molar refractivity (Wildman–Crippen MR) is 132 cm³/mol. The first-order valence-electron chi connectivity index (χ1n) is 11.1. The fourth-order valence-electron chi connectivity index (χ4n) is 3.63. The van der Waals surface area contributed by atoms with Crippen molar-refractivity contribution in [2.24, 2.45) is 11.8 Å². The first kappa shape index (κ1) is 26.6. The summed E-state index contributed by atoms with van der Waals surface area (Å²) < 4.78 is 7.01. The largest absolute Gasteiger partial charge is 0.482 e. The molecular weight excluding hydrogens is 523 g/mol. The van der Waals surface area contributed by atoms with Gasteiger partial charge in [0.25, 0.3) is 0 Å². The summed E-state index contributed by atoms with van der Waals surface area (Å²) in [6, 6.07) is 6.87. The van der Waals surface area contributed by atoms with Crippen molar-refractivity contribution in [3.05, 3.63) is 39.5 Å². The summed E-state index contributed by atoms with van der Waals surface area (Å²) in [6.45, 7) is 8.32. The Hall–Kier alpha value is -1.65. The Balaban J connectivity index is 2.40. The van der Waals surface area contributed by atoms with Crippen LogP contribution in [0, 0.1) is 15.4 Å². The van der Waals surface area contributed by atoms with Gasteiger partial charge < -0.3 is 25.2 Å². The Labute approximate surface area is 204 Å². The van der Waals surface area contributed by atoms with Crippen molar-refractivity contribution in [3.8, 4) is 5.75 Å². The van der Waals surface area contributed by atoms with Gasteiger partial charge in [-0.1, -0.05) is 39.8 Å². The van der Waals surface area contributed by atoms with Gasteiger partial charge in [-0.05, 0) is 53.1 Å². The fraction of sp³-hybridized carbons (Fsp3) is 0.583. The molecule has 1 aliphatic carbocycles. The topological polar surface area (TPSA) is 99.1 Å². The van der Waals surface area contributed by atoms with Crippen LogP contribution < -0.4 is 10.1 Å². The second-order valence-electron chi connectivity index (χ2n) is 8.82. The van der Waals surface area contributed by atoms with Gasteiger partial charge in [0.2, 0.25) is 11.8 Å². The molecule has 2 amide bonds. The SMILES string of the molecule is CC(C)CCN(C(=O)C(C)C)[C@@H]1CC(C(=O)NCCO)=C[C@H](Oc2ccccc2I)[C@H]1O. The molecule has 8 heteroatoms. The van der Waals surface area contributed by atoms with E-state index in [1.54, 1.807) is 11.0 Å². The van der Waals surface area contributed by atoms with Crippen LogP contribution in [0.4, 0.5) is 0 Å². The first-order chi connectivity index (χ1) is 15.1. The number of ether oxygens (including phenoxy) is 1. The van der Waals surface area contributed by atoms with Crippen molar-refractivity contribution in [2.45, 2.75) is 58.8 Å². The number of halogens is 1. The van der Waals surface area contributed by atoms with Crippen molar-refractivity contribution in [3.63, 3.8) is 0 Å². The summed E-state index contributed by atoms with van der Waals surface area (Å²) >= 11 is 2.16. The molecule has 0 saturated carbocycles. The highest BCUT2D eigenvalue weighted by Crippen LogP contribution is 2.30. The molecule has 0 heterocycles. The molecule has 3 N–H and O–H groups in total. The summed E-state index contributed by atoms with van der Waals surface area (Å²) in [6.07, 6.45) is 0.869. The monoisotopic (exact) mass is 558 g/mol. The highest BCUT2D eigenvalue weighted by Gasteiger charge is 2.40. The summed E-state index contributed by atoms with van der Waals surface area (Å²) in [5, 5.41) is 23.0. The maximum atomic E-state index is 13.1. The van der Waals surface area contributed by atoms with Gasteiger partial charge in [0.1, 0.15) is 18.0 Å². The lowest BCUT2D eigenvalue weighted by Gasteiger charge is -2.41. The molecular formula is C24H35IN2O5. The lowest BCUT2D eigenvalue weighted by atomic mass is 9.87. The quantitative estimate of drug-likeness (QED) is 0.384. The maximum Gasteiger partial charge on any atom is 0.247 e. The number of carbonyl (C=O) groups excluding carboxylic acids is 2. The average molecular weight is 558 g/mol. The van der Waals surface area contributed by atoms with E-state index in [0.717, 1.165) is 9.99 Å². The van der Waals surface area contributed by atoms with E-state index >= 15 is 0 Å². The van der Waals surface area contributed by atoms with Crippen molar-refractivity contribution < 1.29 is 24.5 Å². The van der Waals surface area contributed by atoms with Crippen LogP contribution in [-0.2, 0) is 9.59 Å². The third kappa shape index (κ3) is 7.18. The van der Waals surface area contributed by atoms with E-state index in [1.165, 1.54) is 0 Å². The van der Waals surface area contributed by atoms with Crippen LogP contribution >= 0.6 is 22.6 Å². The number of hydrogen-bond donors (Lipinski definition) is 3. The molecule has 32 heavy (non-hydrogen) atoms. The molecule has 0 radical (unpaired) electrons. The zero-order chi connectivity index (χ0) is 23.8. The van der Waals surface area contributed by atoms with Crippen LogP contribution in [-0.4, -0.2) is 64.9 Å². The van der Waals surface area contributed by atoms with Crippen molar-refractivity contribution >= 4 is 34.4 Å². The predicted octanol–water partition coefficient (Wildman–Crippen LogP) is 2.74. The Kier molecular flexibility index (Phi) is 10.4. The zero-order valence-electron chi connectivity index (χ0n) is 19.3. The average Bonchev–Trinajstić information content (AvgIpc) is 2.75. The van der Waals surface area contributed by atoms with E-state index in [9.17, 15) is 14.7 Å². The molecule has 0 fully saturated rings. The molecule has 0 aromatic heterocycles. The van der Waals surface area contributed by atoms with Gasteiger partial charge in [-0.25, -0.2) is 0 Å². The van der Waals surface area contributed by atoms with Gasteiger partial charge in [-0.2, -0.15) is 0 Å². The molecule has 0 unspecified atom stereocenters. The molecule has 7 nitrogen and oxygen atoms in total. The molecule has 178 valence electrons. The van der Waals surface area contributed by atoms with Crippen LogP contribution in [0.5, 0.6) is 5.75 Å². The Morgan fingerprint density at radius 2 is 1.94 bits per heavy atom. The van der Waals surface area contributed by atoms with E-state index in [1.807, 2.05) is 38.1 Å². The standard InChI is InChI=1S/C24H35IN2O5/c1-15(2)9-11-27(24(31)16(3)4)19-13-17(23(30)26-10-12-28)14-21(22(19)29)32-20-8-6-5-7-18(20)25/h5-8,14-16,19,21-22,28-29H,9-13H2,1-4H3,(H,26,30)/t19-,21+,22+/m1/s1. The number of aliphatic hydroxyl groups is 2. The minimum absolute atomic E-state index is 0.0558. The fourth-order valence-corrected chi connectivity index (χ4v) is 4.15. The lowest BCUT2D eigenvalue weighted by molar-refractivity contribution is -0.142. The molecule has 0 spiro atoms. The number of aliphatic hydroxyl groups excluding tert-OH is 2. The third-order valence-electron chi connectivity index (χ3n) is 5.44. The number of amides is 2. The molecule has 0 bridgehead atoms. The van der Waals surface area contributed by atoms with Gasteiger partial charge in [0.15, 0.2) is 0 Å². The van der Waals surface area contributed by atoms with Gasteiger partial charge in [0.05, 0.1) is 16.2 Å². The smallest absolute Gasteiger partial charge is 0.247 e. The van der Waals surface area contributed by atoms with Crippen LogP contribution in [0.25, 0.3) is 0 Å². The summed E-state index contributed by atoms with van der Waals surface area (Å²) in [5.74, 6) is 0.376. The van der Waals surface area contributed by atoms with E-state index < -0.39 is 18.2 Å². The number of para-hydroxylation sites is 1. The summed E-state index contributed by atoms with van der Waals surface area (Å²) in [4.78, 5) is 27.5. The van der Waals surface area contributed by atoms with Gasteiger partial charge in [-0.15, -0.1) is 0 Å². The Bertz CT molecular complexity index is 811. The first-order valence-corrected chi connectivity index (χ1v) is 12.2. The second-order valence-corrected chi connectivity index (χ2v) is 9.98. The number of rotatable bonds is 10. The molecule has 3 atom stereocenters.